The quantitative estimate of drug-likeness (QED) is 0.235. The Morgan fingerprint density at radius 1 is 0.875 bits per heavy atom. The first-order valence-corrected chi connectivity index (χ1v) is 10.1. The average molecular weight is 430 g/mol. The van der Waals surface area contributed by atoms with Gasteiger partial charge in [0, 0.05) is 0 Å². The molecule has 32 heavy (non-hydrogen) atoms. The number of nitrogens with zero attached hydrogens (tertiary/aromatic N) is 2. The summed E-state index contributed by atoms with van der Waals surface area (Å²) in [5.74, 6) is -0.355. The molecule has 3 rings (SSSR count). The highest BCUT2D eigenvalue weighted by Crippen LogP contribution is 2.36. The molecule has 8 nitrogen and oxygen atoms in total. The monoisotopic (exact) mass is 430 g/mol. The van der Waals surface area contributed by atoms with Crippen LogP contribution < -0.4 is 15.5 Å². The van der Waals surface area contributed by atoms with Crippen LogP contribution in [-0.4, -0.2) is 29.7 Å². The minimum atomic E-state index is -1.23. The summed E-state index contributed by atoms with van der Waals surface area (Å²) < 4.78 is 0. The van der Waals surface area contributed by atoms with Crippen LogP contribution in [0.25, 0.3) is 0 Å². The van der Waals surface area contributed by atoms with E-state index >= 15 is 0 Å². The molecule has 0 radical (unpaired) electrons. The van der Waals surface area contributed by atoms with Gasteiger partial charge in [0.2, 0.25) is 10.8 Å². The molecule has 3 aromatic carbocycles. The minimum Gasteiger partial charge on any atom is -0.465 e. The van der Waals surface area contributed by atoms with Gasteiger partial charge < -0.3 is 15.7 Å². The van der Waals surface area contributed by atoms with Gasteiger partial charge in [-0.3, -0.25) is 4.79 Å². The molecular weight excluding hydrogens is 406 g/mol. The molecule has 0 aliphatic carbocycles. The zero-order chi connectivity index (χ0) is 22.8. The molecule has 0 spiro atoms. The molecule has 4 N–H and O–H groups in total. The summed E-state index contributed by atoms with van der Waals surface area (Å²) in [5, 5.41) is 17.9. The normalized spacial score (nSPS) is 11.6. The molecule has 0 aliphatic heterocycles. The Bertz CT molecular complexity index is 988. The highest BCUT2D eigenvalue weighted by atomic mass is 16.4. The molecule has 0 saturated carbocycles. The topological polar surface area (TPSA) is 129 Å². The smallest absolute Gasteiger partial charge is 0.404 e. The highest BCUT2D eigenvalue weighted by Gasteiger charge is 2.38. The maximum absolute atomic E-state index is 13.3. The molecule has 2 amide bonds. The fraction of sp³-hybridized carbons (Fsp3) is 0.167. The lowest BCUT2D eigenvalue weighted by Crippen LogP contribution is -2.49. The van der Waals surface area contributed by atoms with Crippen LogP contribution in [-0.2, 0) is 10.3 Å². The number of rotatable bonds is 9. The average Bonchev–Trinajstić information content (AvgIpc) is 2.83. The van der Waals surface area contributed by atoms with Gasteiger partial charge >= 0.3 is 6.09 Å². The SMILES string of the molecule is N=[N+]=NC(CNC(=O)O)CC(=O)NC(c1ccccc1)(c1ccccc1)c1ccccc1. The first-order chi connectivity index (χ1) is 15.6. The lowest BCUT2D eigenvalue weighted by molar-refractivity contribution is -0.122. The first-order valence-electron chi connectivity index (χ1n) is 10.1. The van der Waals surface area contributed by atoms with Crippen molar-refractivity contribution in [2.45, 2.75) is 18.0 Å². The van der Waals surface area contributed by atoms with Crippen molar-refractivity contribution in [1.29, 1.82) is 5.53 Å². The van der Waals surface area contributed by atoms with Crippen LogP contribution in [0.4, 0.5) is 4.79 Å². The van der Waals surface area contributed by atoms with Gasteiger partial charge in [0.05, 0.1) is 13.0 Å². The van der Waals surface area contributed by atoms with Gasteiger partial charge in [-0.1, -0.05) is 91.0 Å². The number of nitrogens with one attached hydrogen (secondary N) is 3. The maximum Gasteiger partial charge on any atom is 0.404 e. The van der Waals surface area contributed by atoms with E-state index in [1.165, 1.54) is 0 Å². The summed E-state index contributed by atoms with van der Waals surface area (Å²) in [6.07, 6.45) is -1.38. The zero-order valence-electron chi connectivity index (χ0n) is 17.3. The fourth-order valence-corrected chi connectivity index (χ4v) is 3.70. The Labute approximate surface area is 185 Å². The molecular formula is C24H24N5O3+. The van der Waals surface area contributed by atoms with Crippen molar-refractivity contribution in [1.82, 2.24) is 15.5 Å². The lowest BCUT2D eigenvalue weighted by atomic mass is 9.77. The van der Waals surface area contributed by atoms with Crippen LogP contribution in [0.5, 0.6) is 0 Å². The summed E-state index contributed by atoms with van der Waals surface area (Å²) in [6, 6.07) is 28.1. The third-order valence-electron chi connectivity index (χ3n) is 5.08. The van der Waals surface area contributed by atoms with Crippen LogP contribution >= 0.6 is 0 Å². The molecule has 0 fully saturated rings. The Hall–Kier alpha value is -4.29. The molecule has 0 bridgehead atoms. The summed E-state index contributed by atoms with van der Waals surface area (Å²) in [7, 11) is 0. The van der Waals surface area contributed by atoms with Gasteiger partial charge in [0.1, 0.15) is 16.2 Å². The van der Waals surface area contributed by atoms with Crippen LogP contribution in [0.3, 0.4) is 0 Å². The standard InChI is InChI=1S/C24H23N5O3/c25-29-28-21(17-26-23(31)32)16-22(30)27-24(18-10-4-1-5-11-18,19-12-6-2-7-13-19)20-14-8-3-9-15-20/h1-15,21,25-26H,16-17H2,(H-,27,30,31,32)/p+1. The number of amides is 2. The molecule has 8 heteroatoms. The van der Waals surface area contributed by atoms with Crippen molar-refractivity contribution < 1.29 is 14.7 Å². The fourth-order valence-electron chi connectivity index (χ4n) is 3.70. The molecule has 162 valence electrons. The second-order valence-electron chi connectivity index (χ2n) is 7.16. The van der Waals surface area contributed by atoms with E-state index in [0.717, 1.165) is 16.7 Å². The van der Waals surface area contributed by atoms with Gasteiger partial charge in [-0.25, -0.2) is 4.79 Å². The number of carbonyl (C=O) groups is 2. The molecule has 0 heterocycles. The van der Waals surface area contributed by atoms with E-state index in [-0.39, 0.29) is 18.9 Å². The third-order valence-corrected chi connectivity index (χ3v) is 5.08. The molecule has 0 aliphatic rings. The van der Waals surface area contributed by atoms with Crippen molar-refractivity contribution >= 4 is 12.0 Å². The minimum absolute atomic E-state index is 0.125. The Morgan fingerprint density at radius 3 is 1.69 bits per heavy atom. The van der Waals surface area contributed by atoms with E-state index in [0.29, 0.717) is 0 Å². The molecule has 3 aromatic rings. The van der Waals surface area contributed by atoms with E-state index in [9.17, 15) is 9.59 Å². The third kappa shape index (κ3) is 5.24. The van der Waals surface area contributed by atoms with Crippen molar-refractivity contribution in [2.75, 3.05) is 6.54 Å². The number of hydrogen-bond acceptors (Lipinski definition) is 4. The van der Waals surface area contributed by atoms with Crippen LogP contribution in [0, 0.1) is 5.53 Å². The first kappa shape index (κ1) is 22.4. The van der Waals surface area contributed by atoms with Crippen molar-refractivity contribution in [3.8, 4) is 0 Å². The number of hydrogen-bond donors (Lipinski definition) is 4. The predicted octanol–water partition coefficient (Wildman–Crippen LogP) is 3.67. The number of carboxylic acid groups (broad SMARTS) is 1. The largest absolute Gasteiger partial charge is 0.465 e. The van der Waals surface area contributed by atoms with Crippen molar-refractivity contribution in [3.63, 3.8) is 0 Å². The van der Waals surface area contributed by atoms with E-state index < -0.39 is 17.7 Å². The summed E-state index contributed by atoms with van der Waals surface area (Å²) in [4.78, 5) is 27.1. The van der Waals surface area contributed by atoms with Crippen molar-refractivity contribution in [3.05, 3.63) is 108 Å². The lowest BCUT2D eigenvalue weighted by Gasteiger charge is -2.37. The van der Waals surface area contributed by atoms with Gasteiger partial charge in [-0.15, -0.1) is 0 Å². The van der Waals surface area contributed by atoms with Gasteiger partial charge in [-0.2, -0.15) is 0 Å². The molecule has 1 atom stereocenters. The Morgan fingerprint density at radius 2 is 1.31 bits per heavy atom. The molecule has 0 aromatic heterocycles. The Kier molecular flexibility index (Phi) is 7.46. The van der Waals surface area contributed by atoms with Crippen LogP contribution in [0.1, 0.15) is 23.1 Å². The van der Waals surface area contributed by atoms with Gasteiger partial charge in [-0.05, 0) is 16.7 Å². The maximum atomic E-state index is 13.3. The number of carbonyl (C=O) groups excluding carboxylic acids is 1. The number of benzene rings is 3. The van der Waals surface area contributed by atoms with E-state index in [1.54, 1.807) is 0 Å². The van der Waals surface area contributed by atoms with E-state index in [2.05, 4.69) is 20.7 Å². The van der Waals surface area contributed by atoms with E-state index in [1.807, 2.05) is 91.0 Å². The molecule has 1 unspecified atom stereocenters. The summed E-state index contributed by atoms with van der Waals surface area (Å²) >= 11 is 0. The highest BCUT2D eigenvalue weighted by molar-refractivity contribution is 5.80. The zero-order valence-corrected chi connectivity index (χ0v) is 17.3. The van der Waals surface area contributed by atoms with Crippen molar-refractivity contribution in [2.24, 2.45) is 5.11 Å². The second-order valence-corrected chi connectivity index (χ2v) is 7.16. The van der Waals surface area contributed by atoms with Gasteiger partial charge in [0.25, 0.3) is 0 Å². The summed E-state index contributed by atoms with van der Waals surface area (Å²) in [6.45, 7) is -0.125. The van der Waals surface area contributed by atoms with E-state index in [4.69, 9.17) is 10.6 Å². The van der Waals surface area contributed by atoms with Crippen LogP contribution in [0.15, 0.2) is 96.1 Å². The predicted molar refractivity (Wildman–Crippen MR) is 119 cm³/mol. The van der Waals surface area contributed by atoms with Gasteiger partial charge in [0.15, 0.2) is 6.04 Å². The Balaban J connectivity index is 2.05. The summed E-state index contributed by atoms with van der Waals surface area (Å²) in [5.41, 5.74) is 8.62. The second kappa shape index (κ2) is 10.7. The van der Waals surface area contributed by atoms with Crippen LogP contribution in [0.2, 0.25) is 0 Å². The molecule has 0 saturated heterocycles.